The molecule has 3 aliphatic rings. The lowest BCUT2D eigenvalue weighted by molar-refractivity contribution is 0.0504. The molecule has 2 aliphatic heterocycles. The summed E-state index contributed by atoms with van der Waals surface area (Å²) in [5.74, 6) is 0.535. The van der Waals surface area contributed by atoms with E-state index in [-0.39, 0.29) is 41.7 Å². The molecule has 3 aromatic rings. The van der Waals surface area contributed by atoms with Crippen molar-refractivity contribution in [1.29, 1.82) is 0 Å². The molecule has 0 N–H and O–H groups in total. The number of aromatic nitrogens is 1. The summed E-state index contributed by atoms with van der Waals surface area (Å²) >= 11 is 0. The van der Waals surface area contributed by atoms with Crippen LogP contribution in [0.2, 0.25) is 0 Å². The third-order valence-electron chi connectivity index (χ3n) is 8.15. The van der Waals surface area contributed by atoms with E-state index in [1.807, 2.05) is 29.2 Å². The first-order chi connectivity index (χ1) is 18.1. The fourth-order valence-electron chi connectivity index (χ4n) is 6.46. The molecule has 37 heavy (non-hydrogen) atoms. The van der Waals surface area contributed by atoms with Crippen molar-refractivity contribution < 1.29 is 23.8 Å². The molecule has 3 heterocycles. The Bertz CT molecular complexity index is 1300. The molecule has 1 aliphatic carbocycles. The highest BCUT2D eigenvalue weighted by atomic mass is 16.6. The molecule has 2 unspecified atom stereocenters. The maximum absolute atomic E-state index is 13.4. The number of Topliss-reactive ketones (excluding diaryl/α,β-unsaturated/α-hetero) is 1. The number of hydrogen-bond donors (Lipinski definition) is 0. The van der Waals surface area contributed by atoms with Gasteiger partial charge >= 0.3 is 6.09 Å². The van der Waals surface area contributed by atoms with Crippen LogP contribution >= 0.6 is 0 Å². The number of carbonyl (C=O) groups is 2. The number of ketones is 1. The molecule has 190 valence electrons. The van der Waals surface area contributed by atoms with Crippen molar-refractivity contribution in [3.8, 4) is 22.9 Å². The van der Waals surface area contributed by atoms with E-state index < -0.39 is 0 Å². The molecule has 2 saturated heterocycles. The average Bonchev–Trinajstić information content (AvgIpc) is 3.41. The molecular weight excluding hydrogens is 468 g/mol. The topological polar surface area (TPSA) is 78.0 Å². The van der Waals surface area contributed by atoms with Gasteiger partial charge in [-0.05, 0) is 54.0 Å². The Labute approximate surface area is 216 Å². The third-order valence-corrected chi connectivity index (χ3v) is 8.15. The smallest absolute Gasteiger partial charge is 0.410 e. The van der Waals surface area contributed by atoms with Crippen LogP contribution in [0.25, 0.3) is 11.1 Å². The van der Waals surface area contributed by atoms with Gasteiger partial charge in [-0.3, -0.25) is 4.79 Å². The molecule has 0 saturated carbocycles. The van der Waals surface area contributed by atoms with Gasteiger partial charge in [-0.15, -0.1) is 0 Å². The minimum atomic E-state index is -0.274. The zero-order valence-electron chi connectivity index (χ0n) is 21.1. The summed E-state index contributed by atoms with van der Waals surface area (Å²) in [4.78, 5) is 32.9. The van der Waals surface area contributed by atoms with Crippen molar-refractivity contribution in [2.75, 3.05) is 20.8 Å². The van der Waals surface area contributed by atoms with Crippen LogP contribution in [0.15, 0.2) is 60.7 Å². The molecule has 1 amide bonds. The van der Waals surface area contributed by atoms with E-state index >= 15 is 0 Å². The SMILES string of the molecule is COc1ccc(C(=O)C2CC3CCC(C2)N3C(=O)OCC2c3ccccc3-c3ccccc32)c(OC)n1. The first kappa shape index (κ1) is 23.5. The van der Waals surface area contributed by atoms with E-state index in [9.17, 15) is 9.59 Å². The molecule has 2 bridgehead atoms. The van der Waals surface area contributed by atoms with Crippen LogP contribution in [-0.2, 0) is 4.74 Å². The van der Waals surface area contributed by atoms with Gasteiger partial charge in [0.15, 0.2) is 5.78 Å². The number of pyridine rings is 1. The highest BCUT2D eigenvalue weighted by molar-refractivity contribution is 6.00. The van der Waals surface area contributed by atoms with Gasteiger partial charge in [-0.2, -0.15) is 4.98 Å². The molecular formula is C30H30N2O5. The van der Waals surface area contributed by atoms with E-state index in [0.29, 0.717) is 30.9 Å². The largest absolute Gasteiger partial charge is 0.481 e. The molecule has 7 heteroatoms. The summed E-state index contributed by atoms with van der Waals surface area (Å²) in [7, 11) is 3.03. The first-order valence-corrected chi connectivity index (χ1v) is 12.9. The first-order valence-electron chi connectivity index (χ1n) is 12.9. The molecule has 2 aromatic carbocycles. The number of fused-ring (bicyclic) bond motifs is 5. The fraction of sp³-hybridized carbons (Fsp3) is 0.367. The Morgan fingerprint density at radius 1 is 0.865 bits per heavy atom. The number of benzene rings is 2. The number of hydrogen-bond acceptors (Lipinski definition) is 6. The molecule has 6 rings (SSSR count). The van der Waals surface area contributed by atoms with Crippen molar-refractivity contribution >= 4 is 11.9 Å². The molecule has 2 fully saturated rings. The number of amides is 1. The zero-order valence-corrected chi connectivity index (χ0v) is 21.1. The van der Waals surface area contributed by atoms with Crippen molar-refractivity contribution in [2.24, 2.45) is 5.92 Å². The predicted octanol–water partition coefficient (Wildman–Crippen LogP) is 5.47. The van der Waals surface area contributed by atoms with E-state index in [2.05, 4.69) is 29.2 Å². The van der Waals surface area contributed by atoms with Crippen molar-refractivity contribution in [3.05, 3.63) is 77.4 Å². The maximum atomic E-state index is 13.4. The summed E-state index contributed by atoms with van der Waals surface area (Å²) in [6.07, 6.45) is 2.74. The standard InChI is InChI=1S/C30H30N2O5/c1-35-27-14-13-25(29(31-27)36-2)28(33)18-15-19-11-12-20(16-18)32(19)30(34)37-17-26-23-9-5-3-7-21(23)22-8-4-6-10-24(22)26/h3-10,13-14,18-20,26H,11-12,15-17H2,1-2H3. The third kappa shape index (κ3) is 4.02. The monoisotopic (exact) mass is 498 g/mol. The second-order valence-corrected chi connectivity index (χ2v) is 10.0. The van der Waals surface area contributed by atoms with Gasteiger partial charge in [-0.1, -0.05) is 48.5 Å². The van der Waals surface area contributed by atoms with Crippen LogP contribution in [0.5, 0.6) is 11.8 Å². The van der Waals surface area contributed by atoms with Crippen LogP contribution in [0.1, 0.15) is 53.1 Å². The predicted molar refractivity (Wildman–Crippen MR) is 138 cm³/mol. The van der Waals surface area contributed by atoms with Gasteiger partial charge in [0.25, 0.3) is 0 Å². The number of methoxy groups -OCH3 is 2. The van der Waals surface area contributed by atoms with Crippen molar-refractivity contribution in [2.45, 2.75) is 43.7 Å². The number of carbonyl (C=O) groups excluding carboxylic acids is 2. The second-order valence-electron chi connectivity index (χ2n) is 10.0. The van der Waals surface area contributed by atoms with Gasteiger partial charge < -0.3 is 19.1 Å². The Hall–Kier alpha value is -3.87. The minimum absolute atomic E-state index is 0.000512. The van der Waals surface area contributed by atoms with Gasteiger partial charge in [0, 0.05) is 30.0 Å². The van der Waals surface area contributed by atoms with Gasteiger partial charge in [0.2, 0.25) is 11.8 Å². The van der Waals surface area contributed by atoms with Crippen LogP contribution in [0.4, 0.5) is 4.79 Å². The molecule has 1 aromatic heterocycles. The number of ether oxygens (including phenoxy) is 3. The summed E-state index contributed by atoms with van der Waals surface area (Å²) in [5.41, 5.74) is 5.28. The van der Waals surface area contributed by atoms with E-state index in [0.717, 1.165) is 12.8 Å². The Morgan fingerprint density at radius 3 is 2.08 bits per heavy atom. The lowest BCUT2D eigenvalue weighted by atomic mass is 9.85. The zero-order chi connectivity index (χ0) is 25.5. The van der Waals surface area contributed by atoms with Gasteiger partial charge in [-0.25, -0.2) is 4.79 Å². The Balaban J connectivity index is 1.14. The lowest BCUT2D eigenvalue weighted by Gasteiger charge is -2.37. The van der Waals surface area contributed by atoms with Crippen LogP contribution < -0.4 is 9.47 Å². The minimum Gasteiger partial charge on any atom is -0.481 e. The van der Waals surface area contributed by atoms with Crippen molar-refractivity contribution in [1.82, 2.24) is 9.88 Å². The molecule has 0 radical (unpaired) electrons. The summed E-state index contributed by atoms with van der Waals surface area (Å²) < 4.78 is 16.5. The lowest BCUT2D eigenvalue weighted by Crippen LogP contribution is -2.48. The second kappa shape index (κ2) is 9.54. The van der Waals surface area contributed by atoms with Crippen LogP contribution in [-0.4, -0.2) is 54.7 Å². The highest BCUT2D eigenvalue weighted by Crippen LogP contribution is 2.45. The van der Waals surface area contributed by atoms with E-state index in [4.69, 9.17) is 14.2 Å². The quantitative estimate of drug-likeness (QED) is 0.419. The van der Waals surface area contributed by atoms with Crippen LogP contribution in [0, 0.1) is 5.92 Å². The summed E-state index contributed by atoms with van der Waals surface area (Å²) in [6.45, 7) is 0.305. The molecule has 2 atom stereocenters. The molecule has 7 nitrogen and oxygen atoms in total. The van der Waals surface area contributed by atoms with Gasteiger partial charge in [0.05, 0.1) is 19.8 Å². The average molecular weight is 499 g/mol. The van der Waals surface area contributed by atoms with Crippen LogP contribution in [0.3, 0.4) is 0 Å². The fourth-order valence-corrected chi connectivity index (χ4v) is 6.46. The van der Waals surface area contributed by atoms with Crippen molar-refractivity contribution in [3.63, 3.8) is 0 Å². The number of piperidine rings is 1. The normalized spacial score (nSPS) is 21.8. The number of nitrogens with zero attached hydrogens (tertiary/aromatic N) is 2. The summed E-state index contributed by atoms with van der Waals surface area (Å²) in [6, 6.07) is 20.1. The van der Waals surface area contributed by atoms with Gasteiger partial charge in [0.1, 0.15) is 6.61 Å². The molecule has 0 spiro atoms. The Kier molecular flexibility index (Phi) is 6.07. The highest BCUT2D eigenvalue weighted by Gasteiger charge is 2.46. The Morgan fingerprint density at radius 2 is 1.49 bits per heavy atom. The van der Waals surface area contributed by atoms with E-state index in [1.54, 1.807) is 12.1 Å². The number of rotatable bonds is 6. The summed E-state index contributed by atoms with van der Waals surface area (Å²) in [5, 5.41) is 0. The van der Waals surface area contributed by atoms with E-state index in [1.165, 1.54) is 36.5 Å². The maximum Gasteiger partial charge on any atom is 0.410 e.